The molecule has 0 aliphatic rings. The molecule has 1 aromatic heterocycles. The first-order valence-corrected chi connectivity index (χ1v) is 8.62. The highest BCUT2D eigenvalue weighted by Gasteiger charge is 2.28. The summed E-state index contributed by atoms with van der Waals surface area (Å²) in [6.07, 6.45) is -1.18. The molecule has 1 N–H and O–H groups in total. The molecule has 0 saturated heterocycles. The molecule has 1 heterocycles. The van der Waals surface area contributed by atoms with Crippen molar-refractivity contribution < 1.29 is 23.6 Å². The van der Waals surface area contributed by atoms with Crippen LogP contribution in [0.3, 0.4) is 0 Å². The van der Waals surface area contributed by atoms with Crippen molar-refractivity contribution in [2.75, 3.05) is 12.4 Å². The third-order valence-corrected chi connectivity index (χ3v) is 4.01. The van der Waals surface area contributed by atoms with Gasteiger partial charge in [0.25, 0.3) is 5.91 Å². The number of carbonyl (C=O) groups is 2. The lowest BCUT2D eigenvalue weighted by atomic mass is 10.1. The van der Waals surface area contributed by atoms with Crippen molar-refractivity contribution in [1.82, 2.24) is 5.16 Å². The van der Waals surface area contributed by atoms with E-state index >= 15 is 0 Å². The number of methoxy groups -OCH3 is 1. The van der Waals surface area contributed by atoms with Crippen molar-refractivity contribution in [2.24, 2.45) is 0 Å². The molecule has 1 atom stereocenters. The van der Waals surface area contributed by atoms with Gasteiger partial charge in [-0.05, 0) is 31.5 Å². The maximum Gasteiger partial charge on any atom is 0.378 e. The first-order valence-electron chi connectivity index (χ1n) is 8.62. The van der Waals surface area contributed by atoms with E-state index in [4.69, 9.17) is 14.0 Å². The number of nitrogens with zero attached hydrogens (tertiary/aromatic N) is 1. The van der Waals surface area contributed by atoms with Gasteiger partial charge >= 0.3 is 5.97 Å². The van der Waals surface area contributed by atoms with Gasteiger partial charge in [0, 0.05) is 11.6 Å². The molecular formula is C21H20N2O5. The second kappa shape index (κ2) is 8.39. The van der Waals surface area contributed by atoms with Crippen LogP contribution < -0.4 is 10.1 Å². The Morgan fingerprint density at radius 2 is 1.82 bits per heavy atom. The summed E-state index contributed by atoms with van der Waals surface area (Å²) in [5.41, 5.74) is 2.50. The van der Waals surface area contributed by atoms with E-state index < -0.39 is 18.0 Å². The highest BCUT2D eigenvalue weighted by molar-refractivity contribution is 5.98. The first kappa shape index (κ1) is 19.2. The van der Waals surface area contributed by atoms with E-state index in [1.54, 1.807) is 43.3 Å². The SMILES string of the molecule is COc1ccc(C)cc1NC(=O)[C@@H](OC(=O)c1cc(C)no1)c1ccccc1. The number of rotatable bonds is 6. The van der Waals surface area contributed by atoms with E-state index in [0.717, 1.165) is 5.56 Å². The third kappa shape index (κ3) is 4.37. The van der Waals surface area contributed by atoms with Crippen molar-refractivity contribution in [2.45, 2.75) is 20.0 Å². The summed E-state index contributed by atoms with van der Waals surface area (Å²) in [5.74, 6) is -0.859. The van der Waals surface area contributed by atoms with Crippen LogP contribution in [0.1, 0.15) is 33.5 Å². The molecule has 0 fully saturated rings. The summed E-state index contributed by atoms with van der Waals surface area (Å²) in [7, 11) is 1.52. The average molecular weight is 380 g/mol. The van der Waals surface area contributed by atoms with Gasteiger partial charge in [0.1, 0.15) is 5.75 Å². The topological polar surface area (TPSA) is 90.7 Å². The van der Waals surface area contributed by atoms with Crippen LogP contribution in [0.15, 0.2) is 59.1 Å². The molecule has 0 aliphatic carbocycles. The van der Waals surface area contributed by atoms with Gasteiger partial charge in [0.15, 0.2) is 0 Å². The number of hydrogen-bond donors (Lipinski definition) is 1. The third-order valence-electron chi connectivity index (χ3n) is 4.01. The number of esters is 1. The normalized spacial score (nSPS) is 11.5. The standard InChI is InChI=1S/C21H20N2O5/c1-13-9-10-17(26-3)16(11-13)22-20(24)19(15-7-5-4-6-8-15)27-21(25)18-12-14(2)23-28-18/h4-12,19H,1-3H3,(H,22,24)/t19-/m0/s1. The minimum Gasteiger partial charge on any atom is -0.495 e. The second-order valence-electron chi connectivity index (χ2n) is 6.22. The molecule has 0 saturated carbocycles. The van der Waals surface area contributed by atoms with Gasteiger partial charge in [-0.2, -0.15) is 0 Å². The molecule has 0 unspecified atom stereocenters. The number of ether oxygens (including phenoxy) is 2. The lowest BCUT2D eigenvalue weighted by Gasteiger charge is -2.18. The molecule has 0 spiro atoms. The van der Waals surface area contributed by atoms with Gasteiger partial charge in [-0.1, -0.05) is 41.6 Å². The minimum absolute atomic E-state index is 0.0700. The highest BCUT2D eigenvalue weighted by Crippen LogP contribution is 2.28. The number of amides is 1. The second-order valence-corrected chi connectivity index (χ2v) is 6.22. The zero-order valence-electron chi connectivity index (χ0n) is 15.8. The van der Waals surface area contributed by atoms with Gasteiger partial charge < -0.3 is 19.3 Å². The molecule has 7 heteroatoms. The Hall–Kier alpha value is -3.61. The molecule has 2 aromatic carbocycles. The van der Waals surface area contributed by atoms with Crippen LogP contribution in [0.4, 0.5) is 5.69 Å². The summed E-state index contributed by atoms with van der Waals surface area (Å²) < 4.78 is 15.7. The van der Waals surface area contributed by atoms with Crippen LogP contribution in [0, 0.1) is 13.8 Å². The molecule has 7 nitrogen and oxygen atoms in total. The number of anilines is 1. The van der Waals surface area contributed by atoms with Crippen molar-refractivity contribution in [3.63, 3.8) is 0 Å². The molecule has 0 aliphatic heterocycles. The van der Waals surface area contributed by atoms with E-state index in [1.807, 2.05) is 19.1 Å². The number of hydrogen-bond acceptors (Lipinski definition) is 6. The Kier molecular flexibility index (Phi) is 5.74. The highest BCUT2D eigenvalue weighted by atomic mass is 16.6. The quantitative estimate of drug-likeness (QED) is 0.654. The maximum absolute atomic E-state index is 13.0. The lowest BCUT2D eigenvalue weighted by Crippen LogP contribution is -2.26. The number of aromatic nitrogens is 1. The molecule has 3 aromatic rings. The lowest BCUT2D eigenvalue weighted by molar-refractivity contribution is -0.125. The van der Waals surface area contributed by atoms with Crippen molar-refractivity contribution in [1.29, 1.82) is 0 Å². The minimum atomic E-state index is -1.18. The first-order chi connectivity index (χ1) is 13.5. The number of benzene rings is 2. The molecule has 1 amide bonds. The Balaban J connectivity index is 1.87. The van der Waals surface area contributed by atoms with E-state index in [2.05, 4.69) is 10.5 Å². The number of aryl methyl sites for hydroxylation is 2. The number of nitrogens with one attached hydrogen (secondary N) is 1. The molecule has 0 bridgehead atoms. The fraction of sp³-hybridized carbons (Fsp3) is 0.190. The zero-order chi connectivity index (χ0) is 20.1. The monoisotopic (exact) mass is 380 g/mol. The predicted octanol–water partition coefficient (Wildman–Crippen LogP) is 3.84. The van der Waals surface area contributed by atoms with E-state index in [1.165, 1.54) is 13.2 Å². The van der Waals surface area contributed by atoms with Crippen LogP contribution >= 0.6 is 0 Å². The smallest absolute Gasteiger partial charge is 0.378 e. The van der Waals surface area contributed by atoms with Gasteiger partial charge in [-0.3, -0.25) is 4.79 Å². The maximum atomic E-state index is 13.0. The summed E-state index contributed by atoms with van der Waals surface area (Å²) in [6.45, 7) is 3.59. The van der Waals surface area contributed by atoms with Gasteiger partial charge in [0.05, 0.1) is 18.5 Å². The Morgan fingerprint density at radius 1 is 1.07 bits per heavy atom. The van der Waals surface area contributed by atoms with Gasteiger partial charge in [-0.25, -0.2) is 4.79 Å². The van der Waals surface area contributed by atoms with Crippen LogP contribution in [-0.4, -0.2) is 24.1 Å². The molecular weight excluding hydrogens is 360 g/mol. The van der Waals surface area contributed by atoms with Gasteiger partial charge in [-0.15, -0.1) is 0 Å². The Morgan fingerprint density at radius 3 is 2.46 bits per heavy atom. The van der Waals surface area contributed by atoms with E-state index in [0.29, 0.717) is 22.7 Å². The summed E-state index contributed by atoms with van der Waals surface area (Å²) in [4.78, 5) is 25.4. The summed E-state index contributed by atoms with van der Waals surface area (Å²) in [5, 5.41) is 6.45. The molecule has 0 radical (unpaired) electrons. The fourth-order valence-electron chi connectivity index (χ4n) is 2.64. The summed E-state index contributed by atoms with van der Waals surface area (Å²) >= 11 is 0. The van der Waals surface area contributed by atoms with E-state index in [-0.39, 0.29) is 5.76 Å². The number of carbonyl (C=O) groups excluding carboxylic acids is 2. The van der Waals surface area contributed by atoms with Crippen molar-refractivity contribution >= 4 is 17.6 Å². The molecule has 28 heavy (non-hydrogen) atoms. The molecule has 3 rings (SSSR count). The molecule has 144 valence electrons. The van der Waals surface area contributed by atoms with Crippen molar-refractivity contribution in [3.8, 4) is 5.75 Å². The Bertz CT molecular complexity index is 981. The summed E-state index contributed by atoms with van der Waals surface area (Å²) in [6, 6.07) is 15.6. The van der Waals surface area contributed by atoms with Gasteiger partial charge in [0.2, 0.25) is 11.9 Å². The predicted molar refractivity (Wildman–Crippen MR) is 102 cm³/mol. The fourth-order valence-corrected chi connectivity index (χ4v) is 2.64. The van der Waals surface area contributed by atoms with E-state index in [9.17, 15) is 9.59 Å². The Labute approximate surface area is 162 Å². The van der Waals surface area contributed by atoms with Crippen LogP contribution in [0.5, 0.6) is 5.75 Å². The van der Waals surface area contributed by atoms with Crippen molar-refractivity contribution in [3.05, 3.63) is 77.2 Å². The van der Waals surface area contributed by atoms with Crippen LogP contribution in [0.25, 0.3) is 0 Å². The largest absolute Gasteiger partial charge is 0.495 e. The van der Waals surface area contributed by atoms with Crippen LogP contribution in [-0.2, 0) is 9.53 Å². The van der Waals surface area contributed by atoms with Crippen LogP contribution in [0.2, 0.25) is 0 Å². The zero-order valence-corrected chi connectivity index (χ0v) is 15.8. The average Bonchev–Trinajstić information content (AvgIpc) is 3.13.